The minimum atomic E-state index is 0.0704. The number of oxime groups is 1. The zero-order valence-electron chi connectivity index (χ0n) is 11.2. The van der Waals surface area contributed by atoms with Gasteiger partial charge in [0.25, 0.3) is 5.89 Å². The van der Waals surface area contributed by atoms with Crippen molar-refractivity contribution in [2.75, 3.05) is 0 Å². The summed E-state index contributed by atoms with van der Waals surface area (Å²) in [5.74, 6) is 1.33. The molecule has 2 rings (SSSR count). The van der Waals surface area contributed by atoms with Crippen LogP contribution in [0, 0.1) is 0 Å². The zero-order chi connectivity index (χ0) is 14.5. The smallest absolute Gasteiger partial charge is 0.256 e. The molecule has 0 spiro atoms. The van der Waals surface area contributed by atoms with Gasteiger partial charge in [-0.05, 0) is 12.1 Å². The summed E-state index contributed by atoms with van der Waals surface area (Å²) in [6.45, 7) is 4.00. The fourth-order valence-electron chi connectivity index (χ4n) is 1.42. The predicted molar refractivity (Wildman–Crippen MR) is 75.4 cm³/mol. The first kappa shape index (κ1) is 14.3. The fourth-order valence-corrected chi connectivity index (χ4v) is 1.61. The maximum absolute atomic E-state index is 5.87. The van der Waals surface area contributed by atoms with E-state index in [2.05, 4.69) is 15.4 Å². The first-order valence-corrected chi connectivity index (χ1v) is 6.47. The first-order chi connectivity index (χ1) is 9.56. The van der Waals surface area contributed by atoms with Crippen molar-refractivity contribution in [3.8, 4) is 0 Å². The molecule has 2 aromatic rings. The van der Waals surface area contributed by atoms with E-state index in [1.54, 1.807) is 24.3 Å². The van der Waals surface area contributed by atoms with Gasteiger partial charge in [-0.25, -0.2) is 0 Å². The molecule has 0 fully saturated rings. The van der Waals surface area contributed by atoms with Crippen LogP contribution in [0.1, 0.15) is 37.1 Å². The zero-order valence-corrected chi connectivity index (χ0v) is 12.0. The quantitative estimate of drug-likeness (QED) is 0.520. The number of benzene rings is 1. The van der Waals surface area contributed by atoms with Crippen molar-refractivity contribution in [1.82, 2.24) is 10.2 Å². The van der Waals surface area contributed by atoms with Crippen molar-refractivity contribution < 1.29 is 9.25 Å². The van der Waals surface area contributed by atoms with Crippen LogP contribution in [0.15, 0.2) is 33.8 Å². The lowest BCUT2D eigenvalue weighted by Crippen LogP contribution is -2.13. The van der Waals surface area contributed by atoms with Gasteiger partial charge in [0.1, 0.15) is 0 Å². The van der Waals surface area contributed by atoms with Crippen LogP contribution in [0.2, 0.25) is 5.02 Å². The summed E-state index contributed by atoms with van der Waals surface area (Å²) in [4.78, 5) is 5.09. The summed E-state index contributed by atoms with van der Waals surface area (Å²) < 4.78 is 5.37. The number of hydrogen-bond donors (Lipinski definition) is 1. The molecule has 1 aromatic carbocycles. The van der Waals surface area contributed by atoms with Crippen molar-refractivity contribution in [1.29, 1.82) is 0 Å². The van der Waals surface area contributed by atoms with Crippen molar-refractivity contribution >= 4 is 17.4 Å². The minimum Gasteiger partial charge on any atom is -0.421 e. The van der Waals surface area contributed by atoms with Crippen molar-refractivity contribution in [3.05, 3.63) is 46.6 Å². The molecular weight excluding hydrogens is 280 g/mol. The summed E-state index contributed by atoms with van der Waals surface area (Å²) in [6.07, 6.45) is 0. The fraction of sp³-hybridized carbons (Fsp3) is 0.308. The molecule has 0 saturated heterocycles. The summed E-state index contributed by atoms with van der Waals surface area (Å²) in [6, 6.07) is 7.03. The number of nitrogens with zero attached hydrogens (tertiary/aromatic N) is 3. The van der Waals surface area contributed by atoms with Gasteiger partial charge in [-0.1, -0.05) is 42.7 Å². The largest absolute Gasteiger partial charge is 0.421 e. The second-order valence-electron chi connectivity index (χ2n) is 4.45. The van der Waals surface area contributed by atoms with Gasteiger partial charge in [0, 0.05) is 16.5 Å². The summed E-state index contributed by atoms with van der Waals surface area (Å²) >= 11 is 5.87. The SMILES string of the molecule is CC(C)c1nnc(CO/N=C(/N)c2cccc(Cl)c2)o1. The van der Waals surface area contributed by atoms with Gasteiger partial charge in [-0.15, -0.1) is 10.2 Å². The Morgan fingerprint density at radius 3 is 2.90 bits per heavy atom. The Labute approximate surface area is 121 Å². The van der Waals surface area contributed by atoms with Crippen LogP contribution in [0.25, 0.3) is 0 Å². The van der Waals surface area contributed by atoms with Crippen molar-refractivity contribution in [2.24, 2.45) is 10.9 Å². The van der Waals surface area contributed by atoms with E-state index in [0.717, 1.165) is 0 Å². The Kier molecular flexibility index (Phi) is 4.57. The van der Waals surface area contributed by atoms with Gasteiger partial charge in [0.05, 0.1) is 0 Å². The maximum Gasteiger partial charge on any atom is 0.256 e. The van der Waals surface area contributed by atoms with Crippen molar-refractivity contribution in [3.63, 3.8) is 0 Å². The van der Waals surface area contributed by atoms with Gasteiger partial charge in [-0.2, -0.15) is 0 Å². The second kappa shape index (κ2) is 6.38. The van der Waals surface area contributed by atoms with Gasteiger partial charge in [-0.3, -0.25) is 0 Å². The van der Waals surface area contributed by atoms with E-state index >= 15 is 0 Å². The van der Waals surface area contributed by atoms with E-state index < -0.39 is 0 Å². The highest BCUT2D eigenvalue weighted by Gasteiger charge is 2.09. The average molecular weight is 295 g/mol. The van der Waals surface area contributed by atoms with Crippen LogP contribution in [-0.2, 0) is 11.4 Å². The van der Waals surface area contributed by atoms with E-state index in [1.807, 2.05) is 13.8 Å². The third-order valence-corrected chi connectivity index (χ3v) is 2.68. The molecular formula is C13H15ClN4O2. The summed E-state index contributed by atoms with van der Waals surface area (Å²) in [7, 11) is 0. The van der Waals surface area contributed by atoms with Crippen LogP contribution >= 0.6 is 11.6 Å². The van der Waals surface area contributed by atoms with Gasteiger partial charge >= 0.3 is 0 Å². The molecule has 0 saturated carbocycles. The van der Waals surface area contributed by atoms with E-state index in [1.165, 1.54) is 0 Å². The summed E-state index contributed by atoms with van der Waals surface area (Å²) in [5.41, 5.74) is 6.47. The Hall–Kier alpha value is -2.08. The molecule has 1 heterocycles. The number of hydrogen-bond acceptors (Lipinski definition) is 5. The number of nitrogens with two attached hydrogens (primary N) is 1. The molecule has 6 nitrogen and oxygen atoms in total. The molecule has 2 N–H and O–H groups in total. The number of amidine groups is 1. The molecule has 0 amide bonds. The molecule has 0 aliphatic carbocycles. The van der Waals surface area contributed by atoms with Gasteiger partial charge < -0.3 is 15.0 Å². The molecule has 20 heavy (non-hydrogen) atoms. The Balaban J connectivity index is 1.95. The molecule has 0 aliphatic rings. The number of rotatable bonds is 5. The van der Waals surface area contributed by atoms with Crippen LogP contribution in [-0.4, -0.2) is 16.0 Å². The molecule has 0 bridgehead atoms. The standard InChI is InChI=1S/C13H15ClN4O2/c1-8(2)13-17-16-11(20-13)7-19-18-12(15)9-4-3-5-10(14)6-9/h3-6,8H,7H2,1-2H3,(H2,15,18). The molecule has 0 radical (unpaired) electrons. The molecule has 106 valence electrons. The third kappa shape index (κ3) is 3.71. The van der Waals surface area contributed by atoms with E-state index in [0.29, 0.717) is 22.4 Å². The highest BCUT2D eigenvalue weighted by molar-refractivity contribution is 6.31. The molecule has 0 atom stereocenters. The normalized spacial score (nSPS) is 11.9. The van der Waals surface area contributed by atoms with E-state index in [4.69, 9.17) is 26.6 Å². The minimum absolute atomic E-state index is 0.0704. The molecule has 7 heteroatoms. The predicted octanol–water partition coefficient (Wildman–Crippen LogP) is 2.68. The van der Waals surface area contributed by atoms with E-state index in [-0.39, 0.29) is 18.4 Å². The van der Waals surface area contributed by atoms with Crippen LogP contribution < -0.4 is 5.73 Å². The molecule has 1 aromatic heterocycles. The van der Waals surface area contributed by atoms with Gasteiger partial charge in [0.15, 0.2) is 12.4 Å². The highest BCUT2D eigenvalue weighted by Crippen LogP contribution is 2.13. The molecule has 0 unspecified atom stereocenters. The van der Waals surface area contributed by atoms with Crippen molar-refractivity contribution in [2.45, 2.75) is 26.4 Å². The molecule has 0 aliphatic heterocycles. The van der Waals surface area contributed by atoms with E-state index in [9.17, 15) is 0 Å². The average Bonchev–Trinajstić information content (AvgIpc) is 2.87. The Morgan fingerprint density at radius 1 is 1.45 bits per heavy atom. The lowest BCUT2D eigenvalue weighted by Gasteiger charge is -2.01. The monoisotopic (exact) mass is 294 g/mol. The Bertz CT molecular complexity index is 610. The topological polar surface area (TPSA) is 86.5 Å². The van der Waals surface area contributed by atoms with Crippen LogP contribution in [0.3, 0.4) is 0 Å². The number of aromatic nitrogens is 2. The maximum atomic E-state index is 5.87. The lowest BCUT2D eigenvalue weighted by atomic mass is 10.2. The van der Waals surface area contributed by atoms with Crippen LogP contribution in [0.4, 0.5) is 0 Å². The highest BCUT2D eigenvalue weighted by atomic mass is 35.5. The van der Waals surface area contributed by atoms with Gasteiger partial charge in [0.2, 0.25) is 5.89 Å². The second-order valence-corrected chi connectivity index (χ2v) is 4.89. The Morgan fingerprint density at radius 2 is 2.25 bits per heavy atom. The first-order valence-electron chi connectivity index (χ1n) is 6.10. The third-order valence-electron chi connectivity index (χ3n) is 2.45. The lowest BCUT2D eigenvalue weighted by molar-refractivity contribution is 0.109. The number of halogens is 1. The van der Waals surface area contributed by atoms with Crippen LogP contribution in [0.5, 0.6) is 0 Å². The summed E-state index contributed by atoms with van der Waals surface area (Å²) in [5, 5.41) is 12.1.